The van der Waals surface area contributed by atoms with E-state index in [1.54, 1.807) is 24.3 Å². The number of carboxylic acid groups (broad SMARTS) is 1. The van der Waals surface area contributed by atoms with Crippen molar-refractivity contribution in [2.75, 3.05) is 0 Å². The molecule has 2 rings (SSSR count). The van der Waals surface area contributed by atoms with Crippen LogP contribution in [0.3, 0.4) is 0 Å². The maximum absolute atomic E-state index is 11.2. The van der Waals surface area contributed by atoms with Gasteiger partial charge in [-0.15, -0.1) is 5.10 Å². The molecule has 19 heavy (non-hydrogen) atoms. The summed E-state index contributed by atoms with van der Waals surface area (Å²) in [4.78, 5) is 11.2. The fraction of sp³-hybridized carbons (Fsp3) is 0.273. The number of aliphatic hydroxyl groups is 1. The van der Waals surface area contributed by atoms with Gasteiger partial charge in [0, 0.05) is 10.6 Å². The van der Waals surface area contributed by atoms with Crippen LogP contribution in [0.15, 0.2) is 24.3 Å². The molecule has 2 atom stereocenters. The number of benzene rings is 1. The normalized spacial score (nSPS) is 14.1. The SMILES string of the molecule is CC(O)C(C(=O)O)n1nnnc1-c1cccc(Cl)c1. The minimum Gasteiger partial charge on any atom is -0.480 e. The van der Waals surface area contributed by atoms with E-state index >= 15 is 0 Å². The van der Waals surface area contributed by atoms with Crippen LogP contribution < -0.4 is 0 Å². The monoisotopic (exact) mass is 282 g/mol. The molecule has 0 spiro atoms. The van der Waals surface area contributed by atoms with Gasteiger partial charge in [-0.25, -0.2) is 9.48 Å². The number of tetrazole rings is 1. The minimum atomic E-state index is -1.26. The van der Waals surface area contributed by atoms with Crippen molar-refractivity contribution in [2.24, 2.45) is 0 Å². The summed E-state index contributed by atoms with van der Waals surface area (Å²) in [6, 6.07) is 5.45. The van der Waals surface area contributed by atoms with E-state index in [-0.39, 0.29) is 5.82 Å². The molecule has 2 N–H and O–H groups in total. The van der Waals surface area contributed by atoms with E-state index in [1.165, 1.54) is 6.92 Å². The summed E-state index contributed by atoms with van der Waals surface area (Å²) in [5.41, 5.74) is 0.574. The number of halogens is 1. The predicted molar refractivity (Wildman–Crippen MR) is 66.6 cm³/mol. The number of aliphatic carboxylic acids is 1. The van der Waals surface area contributed by atoms with Crippen molar-refractivity contribution in [3.8, 4) is 11.4 Å². The van der Waals surface area contributed by atoms with Crippen molar-refractivity contribution >= 4 is 17.6 Å². The Labute approximate surface area is 113 Å². The second-order valence-corrected chi connectivity index (χ2v) is 4.42. The van der Waals surface area contributed by atoms with Crippen molar-refractivity contribution in [2.45, 2.75) is 19.1 Å². The van der Waals surface area contributed by atoms with Crippen LogP contribution in [0, 0.1) is 0 Å². The van der Waals surface area contributed by atoms with E-state index in [4.69, 9.17) is 16.7 Å². The summed E-state index contributed by atoms with van der Waals surface area (Å²) < 4.78 is 1.07. The highest BCUT2D eigenvalue weighted by atomic mass is 35.5. The molecule has 0 radical (unpaired) electrons. The number of hydrogen-bond donors (Lipinski definition) is 2. The van der Waals surface area contributed by atoms with Gasteiger partial charge in [-0.3, -0.25) is 0 Å². The van der Waals surface area contributed by atoms with Gasteiger partial charge in [0.15, 0.2) is 11.9 Å². The van der Waals surface area contributed by atoms with Crippen LogP contribution in [-0.2, 0) is 4.79 Å². The molecule has 2 aromatic rings. The summed E-state index contributed by atoms with van der Waals surface area (Å²) in [6.45, 7) is 1.36. The quantitative estimate of drug-likeness (QED) is 0.867. The standard InChI is InChI=1S/C11H11ClN4O3/c1-6(17)9(11(18)19)16-10(13-14-15-16)7-3-2-4-8(12)5-7/h2-6,9,17H,1H3,(H,18,19). The zero-order chi connectivity index (χ0) is 14.0. The van der Waals surface area contributed by atoms with Crippen LogP contribution >= 0.6 is 11.6 Å². The Morgan fingerprint density at radius 3 is 2.79 bits per heavy atom. The highest BCUT2D eigenvalue weighted by Gasteiger charge is 2.29. The summed E-state index contributed by atoms with van der Waals surface area (Å²) in [5.74, 6) is -0.985. The third kappa shape index (κ3) is 2.72. The maximum atomic E-state index is 11.2. The zero-order valence-electron chi connectivity index (χ0n) is 9.93. The molecule has 0 aliphatic rings. The molecular weight excluding hydrogens is 272 g/mol. The molecule has 0 saturated heterocycles. The molecule has 1 aromatic carbocycles. The number of aromatic nitrogens is 4. The predicted octanol–water partition coefficient (Wildman–Crippen LogP) is 1.00. The largest absolute Gasteiger partial charge is 0.480 e. The van der Waals surface area contributed by atoms with Crippen molar-refractivity contribution in [1.29, 1.82) is 0 Å². The first-order valence-corrected chi connectivity index (χ1v) is 5.83. The van der Waals surface area contributed by atoms with E-state index < -0.39 is 18.1 Å². The Bertz CT molecular complexity index is 599. The van der Waals surface area contributed by atoms with Crippen LogP contribution in [0.25, 0.3) is 11.4 Å². The average Bonchev–Trinajstić information content (AvgIpc) is 2.77. The van der Waals surface area contributed by atoms with E-state index in [2.05, 4.69) is 15.5 Å². The zero-order valence-corrected chi connectivity index (χ0v) is 10.7. The Morgan fingerprint density at radius 1 is 1.47 bits per heavy atom. The maximum Gasteiger partial charge on any atom is 0.331 e. The molecule has 7 nitrogen and oxygen atoms in total. The van der Waals surface area contributed by atoms with Crippen LogP contribution in [-0.4, -0.2) is 42.5 Å². The van der Waals surface area contributed by atoms with Crippen molar-refractivity contribution in [1.82, 2.24) is 20.2 Å². The van der Waals surface area contributed by atoms with Gasteiger partial charge in [0.1, 0.15) is 0 Å². The molecule has 0 aliphatic carbocycles. The molecule has 1 aromatic heterocycles. The Balaban J connectivity index is 2.50. The third-order valence-electron chi connectivity index (χ3n) is 2.55. The topological polar surface area (TPSA) is 101 Å². The fourth-order valence-corrected chi connectivity index (χ4v) is 1.90. The van der Waals surface area contributed by atoms with E-state index in [1.807, 2.05) is 0 Å². The van der Waals surface area contributed by atoms with Gasteiger partial charge in [0.2, 0.25) is 0 Å². The molecule has 0 aliphatic heterocycles. The number of carboxylic acids is 1. The first kappa shape index (κ1) is 13.4. The second kappa shape index (κ2) is 5.33. The molecule has 0 bridgehead atoms. The lowest BCUT2D eigenvalue weighted by Crippen LogP contribution is -2.30. The number of nitrogens with zero attached hydrogens (tertiary/aromatic N) is 4. The molecule has 8 heteroatoms. The first-order chi connectivity index (χ1) is 9.00. The van der Waals surface area contributed by atoms with Crippen LogP contribution in [0.5, 0.6) is 0 Å². The molecular formula is C11H11ClN4O3. The average molecular weight is 283 g/mol. The lowest BCUT2D eigenvalue weighted by molar-refractivity contribution is -0.144. The van der Waals surface area contributed by atoms with Gasteiger partial charge < -0.3 is 10.2 Å². The van der Waals surface area contributed by atoms with Gasteiger partial charge in [0.25, 0.3) is 0 Å². The Kier molecular flexibility index (Phi) is 3.77. The highest BCUT2D eigenvalue weighted by Crippen LogP contribution is 2.23. The fourth-order valence-electron chi connectivity index (χ4n) is 1.71. The molecule has 0 saturated carbocycles. The second-order valence-electron chi connectivity index (χ2n) is 3.98. The van der Waals surface area contributed by atoms with Gasteiger partial charge in [-0.1, -0.05) is 23.7 Å². The summed E-state index contributed by atoms with van der Waals surface area (Å²) in [6.07, 6.45) is -1.14. The smallest absolute Gasteiger partial charge is 0.331 e. The number of hydrogen-bond acceptors (Lipinski definition) is 5. The number of rotatable bonds is 4. The van der Waals surface area contributed by atoms with E-state index in [0.29, 0.717) is 10.6 Å². The summed E-state index contributed by atoms with van der Waals surface area (Å²) in [7, 11) is 0. The first-order valence-electron chi connectivity index (χ1n) is 5.45. The number of aliphatic hydroxyl groups excluding tert-OH is 1. The minimum absolute atomic E-state index is 0.232. The van der Waals surface area contributed by atoms with Gasteiger partial charge in [0.05, 0.1) is 6.10 Å². The van der Waals surface area contributed by atoms with Gasteiger partial charge >= 0.3 is 5.97 Å². The molecule has 0 amide bonds. The summed E-state index contributed by atoms with van der Waals surface area (Å²) in [5, 5.41) is 30.1. The van der Waals surface area contributed by atoms with Crippen LogP contribution in [0.1, 0.15) is 13.0 Å². The van der Waals surface area contributed by atoms with Crippen molar-refractivity contribution in [3.63, 3.8) is 0 Å². The van der Waals surface area contributed by atoms with Gasteiger partial charge in [-0.05, 0) is 29.5 Å². The third-order valence-corrected chi connectivity index (χ3v) is 2.78. The van der Waals surface area contributed by atoms with Crippen LogP contribution in [0.2, 0.25) is 5.02 Å². The number of carbonyl (C=O) groups is 1. The Hall–Kier alpha value is -1.99. The highest BCUT2D eigenvalue weighted by molar-refractivity contribution is 6.30. The molecule has 0 fully saturated rings. The van der Waals surface area contributed by atoms with Gasteiger partial charge in [-0.2, -0.15) is 0 Å². The lowest BCUT2D eigenvalue weighted by Gasteiger charge is -2.16. The molecule has 1 heterocycles. The van der Waals surface area contributed by atoms with Crippen molar-refractivity contribution in [3.05, 3.63) is 29.3 Å². The summed E-state index contributed by atoms with van der Waals surface area (Å²) >= 11 is 5.88. The molecule has 100 valence electrons. The lowest BCUT2D eigenvalue weighted by atomic mass is 10.1. The van der Waals surface area contributed by atoms with Crippen molar-refractivity contribution < 1.29 is 15.0 Å². The van der Waals surface area contributed by atoms with E-state index in [0.717, 1.165) is 4.68 Å². The Morgan fingerprint density at radius 2 is 2.21 bits per heavy atom. The van der Waals surface area contributed by atoms with E-state index in [9.17, 15) is 9.90 Å². The van der Waals surface area contributed by atoms with Crippen LogP contribution in [0.4, 0.5) is 0 Å². The molecule has 2 unspecified atom stereocenters.